The Balaban J connectivity index is 1.59. The molecule has 3 rings (SSSR count). The Morgan fingerprint density at radius 3 is 2.59 bits per heavy atom. The van der Waals surface area contributed by atoms with Gasteiger partial charge in [0.1, 0.15) is 0 Å². The van der Waals surface area contributed by atoms with E-state index < -0.39 is 0 Å². The summed E-state index contributed by atoms with van der Waals surface area (Å²) in [7, 11) is 1.67. The van der Waals surface area contributed by atoms with E-state index in [-0.39, 0.29) is 6.61 Å². The first-order chi connectivity index (χ1) is 14.2. The number of aliphatic hydroxyl groups excluding tert-OH is 1. The second kappa shape index (κ2) is 11.2. The van der Waals surface area contributed by atoms with Crippen molar-refractivity contribution in [3.05, 3.63) is 59.7 Å². The summed E-state index contributed by atoms with van der Waals surface area (Å²) in [5.41, 5.74) is 2.61. The molecule has 1 saturated heterocycles. The van der Waals surface area contributed by atoms with Crippen LogP contribution in [0.1, 0.15) is 24.5 Å². The van der Waals surface area contributed by atoms with Crippen LogP contribution in [0.4, 0.5) is 0 Å². The highest BCUT2D eigenvalue weighted by Crippen LogP contribution is 2.29. The zero-order valence-corrected chi connectivity index (χ0v) is 17.7. The first-order valence-corrected chi connectivity index (χ1v) is 10.6. The van der Waals surface area contributed by atoms with E-state index in [1.54, 1.807) is 7.11 Å². The van der Waals surface area contributed by atoms with Crippen LogP contribution < -0.4 is 9.47 Å². The van der Waals surface area contributed by atoms with Gasteiger partial charge in [-0.1, -0.05) is 36.4 Å². The molecule has 1 heterocycles. The fourth-order valence-corrected chi connectivity index (χ4v) is 4.08. The number of piperazine rings is 1. The molecule has 0 aliphatic carbocycles. The van der Waals surface area contributed by atoms with Gasteiger partial charge in [0.15, 0.2) is 11.5 Å². The molecule has 1 aliphatic rings. The van der Waals surface area contributed by atoms with Crippen molar-refractivity contribution in [1.82, 2.24) is 9.80 Å². The standard InChI is InChI=1S/C24H34N2O3/c1-3-29-24-17-21(9-10-23(24)28-2)18-25-14-15-26(22(19-25)12-16-27)13-11-20-7-5-4-6-8-20/h4-10,17,22,27H,3,11-16,18-19H2,1-2H3/t22-/m1/s1. The van der Waals surface area contributed by atoms with E-state index in [2.05, 4.69) is 52.3 Å². The molecular weight excluding hydrogens is 364 g/mol. The summed E-state index contributed by atoms with van der Waals surface area (Å²) in [6.07, 6.45) is 1.87. The molecule has 29 heavy (non-hydrogen) atoms. The normalized spacial score (nSPS) is 18.0. The lowest BCUT2D eigenvalue weighted by atomic mass is 10.1. The molecule has 158 valence electrons. The Labute approximate surface area is 174 Å². The number of hydrogen-bond acceptors (Lipinski definition) is 5. The van der Waals surface area contributed by atoms with Crippen molar-refractivity contribution in [1.29, 1.82) is 0 Å². The van der Waals surface area contributed by atoms with Crippen molar-refractivity contribution in [3.8, 4) is 11.5 Å². The Hall–Kier alpha value is -2.08. The predicted octanol–water partition coefficient (Wildman–Crippen LogP) is 3.21. The number of ether oxygens (including phenoxy) is 2. The van der Waals surface area contributed by atoms with Gasteiger partial charge in [-0.05, 0) is 43.0 Å². The summed E-state index contributed by atoms with van der Waals surface area (Å²) in [6, 6.07) is 17.2. The zero-order chi connectivity index (χ0) is 20.5. The summed E-state index contributed by atoms with van der Waals surface area (Å²) >= 11 is 0. The van der Waals surface area contributed by atoms with E-state index in [1.165, 1.54) is 11.1 Å². The first-order valence-electron chi connectivity index (χ1n) is 10.6. The molecule has 1 N–H and O–H groups in total. The topological polar surface area (TPSA) is 45.2 Å². The second-order valence-corrected chi connectivity index (χ2v) is 7.59. The van der Waals surface area contributed by atoms with Crippen LogP contribution in [-0.2, 0) is 13.0 Å². The molecule has 0 aromatic heterocycles. The van der Waals surface area contributed by atoms with Crippen LogP contribution in [0.15, 0.2) is 48.5 Å². The second-order valence-electron chi connectivity index (χ2n) is 7.59. The number of benzene rings is 2. The maximum Gasteiger partial charge on any atom is 0.161 e. The minimum atomic E-state index is 0.233. The summed E-state index contributed by atoms with van der Waals surface area (Å²) in [5.74, 6) is 1.58. The van der Waals surface area contributed by atoms with Gasteiger partial charge in [0.05, 0.1) is 13.7 Å². The Morgan fingerprint density at radius 1 is 1.03 bits per heavy atom. The zero-order valence-electron chi connectivity index (χ0n) is 17.7. The maximum absolute atomic E-state index is 9.58. The number of aliphatic hydroxyl groups is 1. The molecule has 1 atom stereocenters. The fourth-order valence-electron chi connectivity index (χ4n) is 4.08. The van der Waals surface area contributed by atoms with Gasteiger partial charge in [-0.25, -0.2) is 0 Å². The largest absolute Gasteiger partial charge is 0.493 e. The lowest BCUT2D eigenvalue weighted by Gasteiger charge is -2.41. The van der Waals surface area contributed by atoms with Crippen molar-refractivity contribution < 1.29 is 14.6 Å². The molecule has 2 aromatic rings. The van der Waals surface area contributed by atoms with Crippen molar-refractivity contribution in [2.75, 3.05) is 46.5 Å². The smallest absolute Gasteiger partial charge is 0.161 e. The molecule has 2 aromatic carbocycles. The van der Waals surface area contributed by atoms with E-state index in [1.807, 2.05) is 13.0 Å². The minimum Gasteiger partial charge on any atom is -0.493 e. The predicted molar refractivity (Wildman–Crippen MR) is 117 cm³/mol. The molecule has 1 aliphatic heterocycles. The highest BCUT2D eigenvalue weighted by atomic mass is 16.5. The number of nitrogens with zero attached hydrogens (tertiary/aromatic N) is 2. The Bertz CT molecular complexity index is 738. The van der Waals surface area contributed by atoms with Gasteiger partial charge in [0.2, 0.25) is 0 Å². The van der Waals surface area contributed by atoms with Crippen LogP contribution in [0.2, 0.25) is 0 Å². The average Bonchev–Trinajstić information content (AvgIpc) is 2.75. The molecule has 5 heteroatoms. The van der Waals surface area contributed by atoms with E-state index in [4.69, 9.17) is 9.47 Å². The molecule has 0 radical (unpaired) electrons. The van der Waals surface area contributed by atoms with Gasteiger partial charge in [0, 0.05) is 45.4 Å². The van der Waals surface area contributed by atoms with Gasteiger partial charge in [0.25, 0.3) is 0 Å². The van der Waals surface area contributed by atoms with E-state index in [0.717, 1.165) is 57.1 Å². The van der Waals surface area contributed by atoms with Crippen LogP contribution in [0.25, 0.3) is 0 Å². The quantitative estimate of drug-likeness (QED) is 0.666. The third-order valence-corrected chi connectivity index (χ3v) is 5.62. The molecule has 0 bridgehead atoms. The van der Waals surface area contributed by atoms with E-state index in [9.17, 15) is 5.11 Å². The molecule has 5 nitrogen and oxygen atoms in total. The number of hydrogen-bond donors (Lipinski definition) is 1. The van der Waals surface area contributed by atoms with Crippen LogP contribution in [0, 0.1) is 0 Å². The fraction of sp³-hybridized carbons (Fsp3) is 0.500. The average molecular weight is 399 g/mol. The van der Waals surface area contributed by atoms with Gasteiger partial charge in [-0.3, -0.25) is 9.80 Å². The summed E-state index contributed by atoms with van der Waals surface area (Å²) in [5, 5.41) is 9.58. The molecule has 1 fully saturated rings. The Morgan fingerprint density at radius 2 is 1.86 bits per heavy atom. The van der Waals surface area contributed by atoms with Gasteiger partial charge in [-0.2, -0.15) is 0 Å². The van der Waals surface area contributed by atoms with Crippen LogP contribution in [0.3, 0.4) is 0 Å². The first kappa shape index (κ1) is 21.6. The third-order valence-electron chi connectivity index (χ3n) is 5.62. The molecule has 0 saturated carbocycles. The lowest BCUT2D eigenvalue weighted by molar-refractivity contribution is 0.0561. The molecule has 0 spiro atoms. The highest BCUT2D eigenvalue weighted by molar-refractivity contribution is 5.43. The van der Waals surface area contributed by atoms with Crippen molar-refractivity contribution >= 4 is 0 Å². The Kier molecular flexibility index (Phi) is 8.35. The van der Waals surface area contributed by atoms with Crippen LogP contribution in [0.5, 0.6) is 11.5 Å². The number of methoxy groups -OCH3 is 1. The lowest BCUT2D eigenvalue weighted by Crippen LogP contribution is -2.53. The SMILES string of the molecule is CCOc1cc(CN2CCN(CCc3ccccc3)[C@H](CCO)C2)ccc1OC. The van der Waals surface area contributed by atoms with E-state index >= 15 is 0 Å². The van der Waals surface area contributed by atoms with Crippen molar-refractivity contribution in [2.45, 2.75) is 32.4 Å². The van der Waals surface area contributed by atoms with Crippen molar-refractivity contribution in [3.63, 3.8) is 0 Å². The molecule has 0 unspecified atom stereocenters. The molecular formula is C24H34N2O3. The summed E-state index contributed by atoms with van der Waals surface area (Å²) in [6.45, 7) is 7.82. The minimum absolute atomic E-state index is 0.233. The van der Waals surface area contributed by atoms with E-state index in [0.29, 0.717) is 12.6 Å². The third kappa shape index (κ3) is 6.20. The van der Waals surface area contributed by atoms with Gasteiger partial charge in [-0.15, -0.1) is 0 Å². The van der Waals surface area contributed by atoms with Crippen LogP contribution in [-0.4, -0.2) is 67.5 Å². The molecule has 0 amide bonds. The van der Waals surface area contributed by atoms with Crippen molar-refractivity contribution in [2.24, 2.45) is 0 Å². The summed E-state index contributed by atoms with van der Waals surface area (Å²) in [4.78, 5) is 5.02. The summed E-state index contributed by atoms with van der Waals surface area (Å²) < 4.78 is 11.1. The van der Waals surface area contributed by atoms with Crippen LogP contribution >= 0.6 is 0 Å². The maximum atomic E-state index is 9.58. The van der Waals surface area contributed by atoms with Gasteiger partial charge >= 0.3 is 0 Å². The monoisotopic (exact) mass is 398 g/mol. The number of rotatable bonds is 10. The highest BCUT2D eigenvalue weighted by Gasteiger charge is 2.26. The van der Waals surface area contributed by atoms with Gasteiger partial charge < -0.3 is 14.6 Å².